The number of rotatable bonds is 6. The van der Waals surface area contributed by atoms with Gasteiger partial charge < -0.3 is 19.9 Å². The Balaban J connectivity index is 0.00000261. The van der Waals surface area contributed by atoms with Crippen molar-refractivity contribution < 1.29 is 22.8 Å². The number of hydrogen-bond donors (Lipinski definition) is 1. The molecule has 0 unspecified atom stereocenters. The summed E-state index contributed by atoms with van der Waals surface area (Å²) in [5, 5.41) is 3.85. The Kier molecular flexibility index (Phi) is 7.45. The summed E-state index contributed by atoms with van der Waals surface area (Å²) in [5.41, 5.74) is 5.57. The molecular formula is C16H20ClF2N5O3. The van der Waals surface area contributed by atoms with Crippen LogP contribution in [0.25, 0.3) is 0 Å². The summed E-state index contributed by atoms with van der Waals surface area (Å²) in [4.78, 5) is 20.5. The first-order chi connectivity index (χ1) is 12.6. The van der Waals surface area contributed by atoms with Crippen molar-refractivity contribution in [2.45, 2.75) is 19.7 Å². The number of amides is 1. The second-order valence-electron chi connectivity index (χ2n) is 5.75. The topological polar surface area (TPSA) is 97.7 Å². The van der Waals surface area contributed by atoms with Crippen molar-refractivity contribution in [3.63, 3.8) is 0 Å². The molecule has 0 atom stereocenters. The van der Waals surface area contributed by atoms with Crippen LogP contribution in [0.3, 0.4) is 0 Å². The van der Waals surface area contributed by atoms with E-state index in [9.17, 15) is 13.6 Å². The Morgan fingerprint density at radius 1 is 1.26 bits per heavy atom. The molecule has 0 saturated carbocycles. The Morgan fingerprint density at radius 3 is 2.59 bits per heavy atom. The number of nitrogens with zero attached hydrogens (tertiary/aromatic N) is 4. The van der Waals surface area contributed by atoms with Gasteiger partial charge in [-0.15, -0.1) is 12.4 Å². The number of hydrogen-bond acceptors (Lipinski definition) is 7. The zero-order valence-electron chi connectivity index (χ0n) is 14.4. The van der Waals surface area contributed by atoms with Crippen molar-refractivity contribution in [1.82, 2.24) is 19.9 Å². The molecule has 3 rings (SSSR count). The highest BCUT2D eigenvalue weighted by Gasteiger charge is 2.25. The molecule has 148 valence electrons. The highest BCUT2D eigenvalue weighted by Crippen LogP contribution is 2.22. The molecule has 1 aromatic carbocycles. The van der Waals surface area contributed by atoms with E-state index < -0.39 is 6.61 Å². The van der Waals surface area contributed by atoms with Gasteiger partial charge in [0.2, 0.25) is 5.89 Å². The SMILES string of the molecule is Cl.NCc1nc(CN2CCN(C(=O)c3ccccc3OC(F)F)CC2)no1. The highest BCUT2D eigenvalue weighted by molar-refractivity contribution is 5.97. The van der Waals surface area contributed by atoms with Crippen LogP contribution in [0.4, 0.5) is 8.78 Å². The molecule has 2 heterocycles. The molecule has 1 aliphatic rings. The number of carbonyl (C=O) groups excluding carboxylic acids is 1. The van der Waals surface area contributed by atoms with Gasteiger partial charge in [0.25, 0.3) is 5.91 Å². The van der Waals surface area contributed by atoms with Crippen molar-refractivity contribution in [3.05, 3.63) is 41.5 Å². The van der Waals surface area contributed by atoms with Crippen LogP contribution in [0.5, 0.6) is 5.75 Å². The summed E-state index contributed by atoms with van der Waals surface area (Å²) < 4.78 is 34.4. The summed E-state index contributed by atoms with van der Waals surface area (Å²) >= 11 is 0. The van der Waals surface area contributed by atoms with Crippen LogP contribution in [-0.2, 0) is 13.1 Å². The van der Waals surface area contributed by atoms with Crippen molar-refractivity contribution in [1.29, 1.82) is 0 Å². The first-order valence-corrected chi connectivity index (χ1v) is 8.14. The van der Waals surface area contributed by atoms with Crippen LogP contribution in [0.2, 0.25) is 0 Å². The first kappa shape index (κ1) is 21.0. The second kappa shape index (κ2) is 9.58. The van der Waals surface area contributed by atoms with Crippen LogP contribution >= 0.6 is 12.4 Å². The first-order valence-electron chi connectivity index (χ1n) is 8.14. The molecule has 1 saturated heterocycles. The van der Waals surface area contributed by atoms with Crippen molar-refractivity contribution >= 4 is 18.3 Å². The Labute approximate surface area is 160 Å². The number of alkyl halides is 2. The van der Waals surface area contributed by atoms with Gasteiger partial charge in [-0.3, -0.25) is 9.69 Å². The van der Waals surface area contributed by atoms with Gasteiger partial charge in [-0.25, -0.2) is 0 Å². The van der Waals surface area contributed by atoms with Gasteiger partial charge in [0.1, 0.15) is 5.75 Å². The number of ether oxygens (including phenoxy) is 1. The smallest absolute Gasteiger partial charge is 0.387 e. The molecule has 1 fully saturated rings. The molecule has 1 aliphatic heterocycles. The van der Waals surface area contributed by atoms with E-state index in [1.165, 1.54) is 12.1 Å². The molecule has 1 aromatic heterocycles. The van der Waals surface area contributed by atoms with Crippen LogP contribution in [0.15, 0.2) is 28.8 Å². The van der Waals surface area contributed by atoms with Crippen LogP contribution < -0.4 is 10.5 Å². The zero-order chi connectivity index (χ0) is 18.5. The lowest BCUT2D eigenvalue weighted by Crippen LogP contribution is -2.48. The fourth-order valence-corrected chi connectivity index (χ4v) is 2.76. The number of halogens is 3. The van der Waals surface area contributed by atoms with E-state index in [4.69, 9.17) is 10.3 Å². The predicted octanol–water partition coefficient (Wildman–Crippen LogP) is 1.51. The number of para-hydroxylation sites is 1. The number of benzene rings is 1. The molecule has 0 radical (unpaired) electrons. The van der Waals surface area contributed by atoms with Crippen molar-refractivity contribution in [2.24, 2.45) is 5.73 Å². The Morgan fingerprint density at radius 2 is 1.96 bits per heavy atom. The minimum absolute atomic E-state index is 0. The van der Waals surface area contributed by atoms with E-state index in [0.717, 1.165) is 0 Å². The lowest BCUT2D eigenvalue weighted by molar-refractivity contribution is -0.0503. The third-order valence-corrected chi connectivity index (χ3v) is 4.04. The minimum Gasteiger partial charge on any atom is -0.434 e. The molecular weight excluding hydrogens is 384 g/mol. The van der Waals surface area contributed by atoms with E-state index in [-0.39, 0.29) is 36.2 Å². The quantitative estimate of drug-likeness (QED) is 0.780. The van der Waals surface area contributed by atoms with Crippen molar-refractivity contribution in [2.75, 3.05) is 26.2 Å². The predicted molar refractivity (Wildman–Crippen MR) is 93.7 cm³/mol. The monoisotopic (exact) mass is 403 g/mol. The van der Waals surface area contributed by atoms with Gasteiger partial charge in [-0.1, -0.05) is 17.3 Å². The fourth-order valence-electron chi connectivity index (χ4n) is 2.76. The molecule has 0 spiro atoms. The average Bonchev–Trinajstić information content (AvgIpc) is 3.09. The summed E-state index contributed by atoms with van der Waals surface area (Å²) in [6, 6.07) is 6.01. The van der Waals surface area contributed by atoms with Crippen LogP contribution in [0, 0.1) is 0 Å². The summed E-state index contributed by atoms with van der Waals surface area (Å²) in [5.74, 6) is 0.479. The number of carbonyl (C=O) groups is 1. The molecule has 11 heteroatoms. The van der Waals surface area contributed by atoms with Gasteiger partial charge >= 0.3 is 6.61 Å². The molecule has 2 N–H and O–H groups in total. The van der Waals surface area contributed by atoms with Crippen LogP contribution in [0.1, 0.15) is 22.1 Å². The summed E-state index contributed by atoms with van der Waals surface area (Å²) in [7, 11) is 0. The molecule has 1 amide bonds. The Hall–Kier alpha value is -2.30. The van der Waals surface area contributed by atoms with E-state index in [1.807, 2.05) is 0 Å². The molecule has 27 heavy (non-hydrogen) atoms. The maximum absolute atomic E-state index is 12.6. The third-order valence-electron chi connectivity index (χ3n) is 4.04. The normalized spacial score (nSPS) is 14.9. The summed E-state index contributed by atoms with van der Waals surface area (Å²) in [6.07, 6.45) is 0. The maximum atomic E-state index is 12.6. The molecule has 0 bridgehead atoms. The number of piperazine rings is 1. The van der Waals surface area contributed by atoms with E-state index >= 15 is 0 Å². The third kappa shape index (κ3) is 5.34. The maximum Gasteiger partial charge on any atom is 0.387 e. The lowest BCUT2D eigenvalue weighted by Gasteiger charge is -2.34. The van der Waals surface area contributed by atoms with Gasteiger partial charge in [-0.05, 0) is 12.1 Å². The zero-order valence-corrected chi connectivity index (χ0v) is 15.2. The second-order valence-corrected chi connectivity index (χ2v) is 5.75. The van der Waals surface area contributed by atoms with E-state index in [0.29, 0.717) is 44.4 Å². The largest absolute Gasteiger partial charge is 0.434 e. The molecule has 2 aromatic rings. The van der Waals surface area contributed by atoms with Crippen LogP contribution in [-0.4, -0.2) is 58.6 Å². The van der Waals surface area contributed by atoms with Crippen molar-refractivity contribution in [3.8, 4) is 5.75 Å². The number of nitrogens with two attached hydrogens (primary N) is 1. The molecule has 8 nitrogen and oxygen atoms in total. The average molecular weight is 404 g/mol. The van der Waals surface area contributed by atoms with Gasteiger partial charge in [0, 0.05) is 26.2 Å². The van der Waals surface area contributed by atoms with E-state index in [2.05, 4.69) is 19.8 Å². The van der Waals surface area contributed by atoms with Gasteiger partial charge in [0.15, 0.2) is 5.82 Å². The van der Waals surface area contributed by atoms with E-state index in [1.54, 1.807) is 17.0 Å². The fraction of sp³-hybridized carbons (Fsp3) is 0.438. The van der Waals surface area contributed by atoms with Gasteiger partial charge in [-0.2, -0.15) is 13.8 Å². The minimum atomic E-state index is -2.98. The lowest BCUT2D eigenvalue weighted by atomic mass is 10.1. The van der Waals surface area contributed by atoms with Gasteiger partial charge in [0.05, 0.1) is 18.7 Å². The number of aromatic nitrogens is 2. The summed E-state index contributed by atoms with van der Waals surface area (Å²) in [6.45, 7) is -0.153. The highest BCUT2D eigenvalue weighted by atomic mass is 35.5. The molecule has 0 aliphatic carbocycles. The standard InChI is InChI=1S/C16H19F2N5O3.ClH/c17-16(18)25-12-4-2-1-3-11(12)15(24)23-7-5-22(6-8-23)10-13-20-14(9-19)26-21-13;/h1-4,16H,5-10,19H2;1H. The Bertz CT molecular complexity index is 753.